The zero-order valence-electron chi connectivity index (χ0n) is 19.7. The second-order valence-electron chi connectivity index (χ2n) is 8.11. The van der Waals surface area contributed by atoms with Crippen LogP contribution in [-0.2, 0) is 17.9 Å². The summed E-state index contributed by atoms with van der Waals surface area (Å²) in [4.78, 5) is 24.7. The summed E-state index contributed by atoms with van der Waals surface area (Å²) in [6.45, 7) is 8.86. The van der Waals surface area contributed by atoms with E-state index in [1.807, 2.05) is 9.58 Å². The Morgan fingerprint density at radius 2 is 1.74 bits per heavy atom. The van der Waals surface area contributed by atoms with Gasteiger partial charge in [0.1, 0.15) is 12.7 Å². The van der Waals surface area contributed by atoms with Crippen LogP contribution in [-0.4, -0.2) is 69.2 Å². The van der Waals surface area contributed by atoms with Crippen molar-refractivity contribution in [3.05, 3.63) is 72.3 Å². The third-order valence-corrected chi connectivity index (χ3v) is 5.85. The molecule has 1 aliphatic heterocycles. The van der Waals surface area contributed by atoms with Crippen molar-refractivity contribution in [1.82, 2.24) is 29.9 Å². The smallest absolute Gasteiger partial charge is 0.219 e. The maximum Gasteiger partial charge on any atom is 0.219 e. The molecule has 0 unspecified atom stereocenters. The number of carbonyl (C=O) groups excluding carboxylic acids is 1. The van der Waals surface area contributed by atoms with Crippen molar-refractivity contribution in [1.29, 1.82) is 0 Å². The third kappa shape index (κ3) is 6.55. The van der Waals surface area contributed by atoms with E-state index >= 15 is 0 Å². The molecule has 1 aromatic heterocycles. The van der Waals surface area contributed by atoms with Crippen molar-refractivity contribution in [3.8, 4) is 11.1 Å². The number of guanidine groups is 1. The normalized spacial score (nSPS) is 14.0. The van der Waals surface area contributed by atoms with Crippen LogP contribution in [0.4, 0.5) is 0 Å². The Bertz CT molecular complexity index is 1070. The molecule has 1 fully saturated rings. The van der Waals surface area contributed by atoms with Crippen LogP contribution in [0, 0.1) is 0 Å². The van der Waals surface area contributed by atoms with E-state index in [4.69, 9.17) is 4.99 Å². The van der Waals surface area contributed by atoms with Gasteiger partial charge in [-0.1, -0.05) is 48.5 Å². The zero-order valence-corrected chi connectivity index (χ0v) is 22.1. The summed E-state index contributed by atoms with van der Waals surface area (Å²) in [6.07, 6.45) is 3.28. The number of halogens is 1. The minimum atomic E-state index is 0. The molecule has 1 amide bonds. The first-order chi connectivity index (χ1) is 16.1. The van der Waals surface area contributed by atoms with Gasteiger partial charge >= 0.3 is 0 Å². The first-order valence-corrected chi connectivity index (χ1v) is 11.4. The predicted octanol–water partition coefficient (Wildman–Crippen LogP) is 3.24. The Balaban J connectivity index is 0.00000324. The maximum absolute atomic E-state index is 11.6. The van der Waals surface area contributed by atoms with Crippen molar-refractivity contribution in [2.45, 2.75) is 26.9 Å². The van der Waals surface area contributed by atoms with Crippen molar-refractivity contribution in [2.75, 3.05) is 32.7 Å². The molecule has 0 saturated carbocycles. The zero-order chi connectivity index (χ0) is 23.0. The minimum absolute atomic E-state index is 0. The fourth-order valence-electron chi connectivity index (χ4n) is 4.05. The van der Waals surface area contributed by atoms with E-state index in [0.29, 0.717) is 13.1 Å². The van der Waals surface area contributed by atoms with E-state index in [1.165, 1.54) is 22.3 Å². The number of hydrogen-bond donors (Lipinski definition) is 1. The number of piperazine rings is 1. The number of aromatic nitrogens is 3. The van der Waals surface area contributed by atoms with Crippen LogP contribution in [0.2, 0.25) is 0 Å². The molecule has 0 spiro atoms. The minimum Gasteiger partial charge on any atom is -0.357 e. The highest BCUT2D eigenvalue weighted by Gasteiger charge is 2.21. The lowest BCUT2D eigenvalue weighted by Gasteiger charge is -2.36. The molecule has 0 aliphatic carbocycles. The summed E-state index contributed by atoms with van der Waals surface area (Å²) in [5.74, 6) is 1.04. The number of nitrogens with zero attached hydrogens (tertiary/aromatic N) is 6. The highest BCUT2D eigenvalue weighted by atomic mass is 127. The summed E-state index contributed by atoms with van der Waals surface area (Å²) < 4.78 is 1.82. The number of benzene rings is 2. The van der Waals surface area contributed by atoms with Crippen LogP contribution < -0.4 is 5.32 Å². The van der Waals surface area contributed by atoms with Gasteiger partial charge < -0.3 is 15.1 Å². The summed E-state index contributed by atoms with van der Waals surface area (Å²) in [5.41, 5.74) is 4.72. The molecular formula is C25H32IN7O. The number of hydrogen-bond acceptors (Lipinski definition) is 4. The molecule has 34 heavy (non-hydrogen) atoms. The van der Waals surface area contributed by atoms with E-state index in [0.717, 1.165) is 38.7 Å². The van der Waals surface area contributed by atoms with Crippen LogP contribution in [0.5, 0.6) is 0 Å². The molecule has 3 aromatic rings. The van der Waals surface area contributed by atoms with E-state index in [1.54, 1.807) is 19.6 Å². The maximum atomic E-state index is 11.6. The van der Waals surface area contributed by atoms with Gasteiger partial charge in [0, 0.05) is 39.6 Å². The van der Waals surface area contributed by atoms with Gasteiger partial charge in [0.25, 0.3) is 0 Å². The number of aliphatic imine (C=N–C) groups is 1. The SMILES string of the molecule is CCNC(=NCc1ccccc1-c1ccc(Cn2cncn2)cc1)N1CCN(C(C)=O)CC1.I. The molecule has 4 rings (SSSR count). The van der Waals surface area contributed by atoms with Crippen molar-refractivity contribution in [3.63, 3.8) is 0 Å². The second-order valence-corrected chi connectivity index (χ2v) is 8.11. The van der Waals surface area contributed by atoms with Gasteiger partial charge in [0.15, 0.2) is 5.96 Å². The number of nitrogens with one attached hydrogen (secondary N) is 1. The monoisotopic (exact) mass is 573 g/mol. The van der Waals surface area contributed by atoms with Crippen LogP contribution in [0.3, 0.4) is 0 Å². The van der Waals surface area contributed by atoms with Gasteiger partial charge in [-0.25, -0.2) is 14.7 Å². The topological polar surface area (TPSA) is 78.7 Å². The lowest BCUT2D eigenvalue weighted by molar-refractivity contribution is -0.130. The quantitative estimate of drug-likeness (QED) is 0.279. The van der Waals surface area contributed by atoms with Gasteiger partial charge in [-0.3, -0.25) is 4.79 Å². The Morgan fingerprint density at radius 3 is 2.38 bits per heavy atom. The van der Waals surface area contributed by atoms with E-state index in [-0.39, 0.29) is 29.9 Å². The van der Waals surface area contributed by atoms with Crippen molar-refractivity contribution in [2.24, 2.45) is 4.99 Å². The first-order valence-electron chi connectivity index (χ1n) is 11.4. The Hall–Kier alpha value is -2.95. The molecule has 180 valence electrons. The third-order valence-electron chi connectivity index (χ3n) is 5.85. The van der Waals surface area contributed by atoms with Gasteiger partial charge in [0.05, 0.1) is 13.1 Å². The summed E-state index contributed by atoms with van der Waals surface area (Å²) in [6, 6.07) is 17.0. The number of rotatable bonds is 6. The molecule has 0 bridgehead atoms. The molecule has 1 N–H and O–H groups in total. The van der Waals surface area contributed by atoms with Crippen LogP contribution in [0.15, 0.2) is 66.2 Å². The Kier molecular flexibility index (Phi) is 9.43. The second kappa shape index (κ2) is 12.5. The van der Waals surface area contributed by atoms with E-state index in [9.17, 15) is 4.79 Å². The lowest BCUT2D eigenvalue weighted by Crippen LogP contribution is -2.53. The fraction of sp³-hybridized carbons (Fsp3) is 0.360. The molecule has 2 aromatic carbocycles. The molecular weight excluding hydrogens is 541 g/mol. The molecule has 9 heteroatoms. The molecule has 1 saturated heterocycles. The average molecular weight is 573 g/mol. The van der Waals surface area contributed by atoms with E-state index < -0.39 is 0 Å². The van der Waals surface area contributed by atoms with Crippen LogP contribution in [0.25, 0.3) is 11.1 Å². The first kappa shape index (κ1) is 25.7. The highest BCUT2D eigenvalue weighted by molar-refractivity contribution is 14.0. The highest BCUT2D eigenvalue weighted by Crippen LogP contribution is 2.25. The summed E-state index contributed by atoms with van der Waals surface area (Å²) in [5, 5.41) is 7.59. The average Bonchev–Trinajstić information content (AvgIpc) is 3.36. The Morgan fingerprint density at radius 1 is 1.03 bits per heavy atom. The Labute approximate surface area is 218 Å². The summed E-state index contributed by atoms with van der Waals surface area (Å²) in [7, 11) is 0. The lowest BCUT2D eigenvalue weighted by atomic mass is 9.98. The standard InChI is InChI=1S/C25H31N7O.HI/c1-3-27-25(31-14-12-30(13-15-31)20(2)33)28-16-23-6-4-5-7-24(23)22-10-8-21(9-11-22)17-32-19-26-18-29-32;/h4-11,18-19H,3,12-17H2,1-2H3,(H,27,28);1H. The summed E-state index contributed by atoms with van der Waals surface area (Å²) >= 11 is 0. The van der Waals surface area contributed by atoms with Gasteiger partial charge in [0.2, 0.25) is 5.91 Å². The molecule has 1 aliphatic rings. The molecule has 2 heterocycles. The van der Waals surface area contributed by atoms with Crippen molar-refractivity contribution >= 4 is 35.8 Å². The number of carbonyl (C=O) groups is 1. The van der Waals surface area contributed by atoms with E-state index in [2.05, 4.69) is 75.8 Å². The fourth-order valence-corrected chi connectivity index (χ4v) is 4.05. The molecule has 0 atom stereocenters. The van der Waals surface area contributed by atoms with Crippen molar-refractivity contribution < 1.29 is 4.79 Å². The number of amides is 1. The van der Waals surface area contributed by atoms with Crippen LogP contribution >= 0.6 is 24.0 Å². The largest absolute Gasteiger partial charge is 0.357 e. The predicted molar refractivity (Wildman–Crippen MR) is 145 cm³/mol. The van der Waals surface area contributed by atoms with Gasteiger partial charge in [-0.2, -0.15) is 5.10 Å². The van der Waals surface area contributed by atoms with Gasteiger partial charge in [-0.05, 0) is 29.2 Å². The van der Waals surface area contributed by atoms with Gasteiger partial charge in [-0.15, -0.1) is 24.0 Å². The molecule has 0 radical (unpaired) electrons. The van der Waals surface area contributed by atoms with Crippen LogP contribution in [0.1, 0.15) is 25.0 Å². The molecule has 8 nitrogen and oxygen atoms in total.